The average Bonchev–Trinajstić information content (AvgIpc) is 2.34. The van der Waals surface area contributed by atoms with Gasteiger partial charge in [-0.25, -0.2) is 0 Å². The van der Waals surface area contributed by atoms with Gasteiger partial charge in [-0.15, -0.1) is 13.2 Å². The summed E-state index contributed by atoms with van der Waals surface area (Å²) in [6.45, 7) is 6.00. The van der Waals surface area contributed by atoms with Crippen molar-refractivity contribution in [3.8, 4) is 0 Å². The lowest BCUT2D eigenvalue weighted by Gasteiger charge is -1.99. The van der Waals surface area contributed by atoms with Crippen LogP contribution in [0.25, 0.3) is 0 Å². The Morgan fingerprint density at radius 2 is 0.933 bits per heavy atom. The van der Waals surface area contributed by atoms with E-state index in [1.165, 1.54) is 9.79 Å². The molecule has 0 saturated carbocycles. The van der Waals surface area contributed by atoms with E-state index in [-0.39, 0.29) is 0 Å². The van der Waals surface area contributed by atoms with Gasteiger partial charge in [0, 0.05) is 9.79 Å². The van der Waals surface area contributed by atoms with Crippen molar-refractivity contribution in [1.82, 2.24) is 0 Å². The van der Waals surface area contributed by atoms with Gasteiger partial charge in [-0.1, -0.05) is 48.2 Å². The normalized spacial score (nSPS) is 8.80. The second-order valence-corrected chi connectivity index (χ2v) is 3.88. The van der Waals surface area contributed by atoms with Crippen LogP contribution in [-0.2, 0) is 0 Å². The van der Waals surface area contributed by atoms with Crippen LogP contribution < -0.4 is 0 Å². The minimum Gasteiger partial charge on any atom is -0.106 e. The highest BCUT2D eigenvalue weighted by Crippen LogP contribution is 2.26. The molecule has 0 bridgehead atoms. The fourth-order valence-corrected chi connectivity index (χ4v) is 1.97. The first-order valence-electron chi connectivity index (χ1n) is 4.73. The van der Waals surface area contributed by atoms with Gasteiger partial charge in [0.2, 0.25) is 0 Å². The zero-order valence-corrected chi connectivity index (χ0v) is 9.41. The summed E-state index contributed by atoms with van der Waals surface area (Å²) in [5, 5.41) is 0. The fourth-order valence-electron chi connectivity index (χ4n) is 1.11. The molecule has 2 aromatic rings. The molecule has 0 fully saturated rings. The van der Waals surface area contributed by atoms with E-state index in [2.05, 4.69) is 61.7 Å². The number of benzene rings is 2. The summed E-state index contributed by atoms with van der Waals surface area (Å²) in [6.07, 6.45) is 0. The summed E-state index contributed by atoms with van der Waals surface area (Å²) >= 11 is 1.79. The molecule has 2 aromatic carbocycles. The molecule has 0 nitrogen and oxygen atoms in total. The van der Waals surface area contributed by atoms with Gasteiger partial charge in [0.15, 0.2) is 0 Å². The predicted octanol–water partition coefficient (Wildman–Crippen LogP) is 4.64. The molecular weight excluding hydrogens is 200 g/mol. The fraction of sp³-hybridized carbons (Fsp3) is 0. The lowest BCUT2D eigenvalue weighted by molar-refractivity contribution is 1.41. The Morgan fingerprint density at radius 1 is 0.600 bits per heavy atom. The first-order valence-corrected chi connectivity index (χ1v) is 5.55. The lowest BCUT2D eigenvalue weighted by Crippen LogP contribution is -1.70. The third kappa shape index (κ3) is 4.05. The molecule has 0 aliphatic carbocycles. The second kappa shape index (κ2) is 6.91. The van der Waals surface area contributed by atoms with Crippen molar-refractivity contribution in [2.24, 2.45) is 0 Å². The van der Waals surface area contributed by atoms with Gasteiger partial charge in [-0.05, 0) is 24.3 Å². The van der Waals surface area contributed by atoms with E-state index in [9.17, 15) is 0 Å². The van der Waals surface area contributed by atoms with Gasteiger partial charge in [-0.3, -0.25) is 0 Å². The van der Waals surface area contributed by atoms with Crippen LogP contribution in [0, 0.1) is 0 Å². The van der Waals surface area contributed by atoms with Gasteiger partial charge < -0.3 is 0 Å². The molecule has 0 spiro atoms. The maximum Gasteiger partial charge on any atom is 0.0122 e. The maximum absolute atomic E-state index is 3.00. The second-order valence-electron chi connectivity index (χ2n) is 2.73. The number of hydrogen-bond donors (Lipinski definition) is 0. The molecule has 0 aromatic heterocycles. The van der Waals surface area contributed by atoms with E-state index in [0.717, 1.165) is 0 Å². The smallest absolute Gasteiger partial charge is 0.0122 e. The highest BCUT2D eigenvalue weighted by Gasteiger charge is 1.93. The van der Waals surface area contributed by atoms with Crippen molar-refractivity contribution in [2.75, 3.05) is 0 Å². The highest BCUT2D eigenvalue weighted by molar-refractivity contribution is 7.99. The third-order valence-corrected chi connectivity index (χ3v) is 2.74. The van der Waals surface area contributed by atoms with E-state index in [1.54, 1.807) is 11.8 Å². The molecule has 0 unspecified atom stereocenters. The summed E-state index contributed by atoms with van der Waals surface area (Å²) < 4.78 is 0. The van der Waals surface area contributed by atoms with E-state index in [1.807, 2.05) is 12.1 Å². The molecule has 0 N–H and O–H groups in total. The van der Waals surface area contributed by atoms with Crippen molar-refractivity contribution in [1.29, 1.82) is 0 Å². The first-order chi connectivity index (χ1) is 7.45. The van der Waals surface area contributed by atoms with Gasteiger partial charge >= 0.3 is 0 Å². The van der Waals surface area contributed by atoms with Crippen LogP contribution in [0.3, 0.4) is 0 Å². The highest BCUT2D eigenvalue weighted by atomic mass is 32.2. The minimum atomic E-state index is 1.29. The molecule has 0 radical (unpaired) electrons. The van der Waals surface area contributed by atoms with Crippen LogP contribution in [0.2, 0.25) is 0 Å². The molecule has 1 heteroatoms. The maximum atomic E-state index is 3.00. The Hall–Kier alpha value is -1.47. The molecule has 0 saturated heterocycles. The Kier molecular flexibility index (Phi) is 5.34. The van der Waals surface area contributed by atoms with Crippen LogP contribution in [0.15, 0.2) is 83.6 Å². The molecule has 0 aliphatic heterocycles. The third-order valence-electron chi connectivity index (χ3n) is 1.72. The Balaban J connectivity index is 0.000000531. The van der Waals surface area contributed by atoms with Crippen LogP contribution >= 0.6 is 11.8 Å². The molecule has 0 aliphatic rings. The predicted molar refractivity (Wildman–Crippen MR) is 68.3 cm³/mol. The average molecular weight is 214 g/mol. The van der Waals surface area contributed by atoms with Gasteiger partial charge in [0.05, 0.1) is 0 Å². The quantitative estimate of drug-likeness (QED) is 0.656. The van der Waals surface area contributed by atoms with Gasteiger partial charge in [-0.2, -0.15) is 0 Å². The van der Waals surface area contributed by atoms with Crippen molar-refractivity contribution in [2.45, 2.75) is 9.79 Å². The monoisotopic (exact) mass is 214 g/mol. The summed E-state index contributed by atoms with van der Waals surface area (Å²) in [5.41, 5.74) is 0. The van der Waals surface area contributed by atoms with Crippen molar-refractivity contribution in [3.05, 3.63) is 73.8 Å². The van der Waals surface area contributed by atoms with Crippen molar-refractivity contribution in [3.63, 3.8) is 0 Å². The van der Waals surface area contributed by atoms with Crippen LogP contribution in [-0.4, -0.2) is 0 Å². The number of rotatable bonds is 2. The van der Waals surface area contributed by atoms with Crippen molar-refractivity contribution < 1.29 is 0 Å². The van der Waals surface area contributed by atoms with E-state index in [4.69, 9.17) is 0 Å². The molecule has 76 valence electrons. The SMILES string of the molecule is C=C.c1ccc(Sc2ccccc2)cc1. The molecule has 15 heavy (non-hydrogen) atoms. The molecule has 0 heterocycles. The lowest BCUT2D eigenvalue weighted by atomic mass is 10.4. The standard InChI is InChI=1S/C12H10S.C2H4/c1-3-7-11(8-4-1)13-12-9-5-2-6-10-12;1-2/h1-10H;1-2H2. The molecule has 2 rings (SSSR count). The van der Waals surface area contributed by atoms with E-state index >= 15 is 0 Å². The van der Waals surface area contributed by atoms with E-state index < -0.39 is 0 Å². The van der Waals surface area contributed by atoms with Crippen molar-refractivity contribution >= 4 is 11.8 Å². The number of hydrogen-bond acceptors (Lipinski definition) is 1. The summed E-state index contributed by atoms with van der Waals surface area (Å²) in [5.74, 6) is 0. The van der Waals surface area contributed by atoms with Crippen LogP contribution in [0.5, 0.6) is 0 Å². The molecule has 0 amide bonds. The Morgan fingerprint density at radius 3 is 1.27 bits per heavy atom. The zero-order valence-electron chi connectivity index (χ0n) is 8.60. The first kappa shape index (κ1) is 11.6. The van der Waals surface area contributed by atoms with E-state index in [0.29, 0.717) is 0 Å². The minimum absolute atomic E-state index is 1.29. The Labute approximate surface area is 95.7 Å². The largest absolute Gasteiger partial charge is 0.106 e. The summed E-state index contributed by atoms with van der Waals surface area (Å²) in [7, 11) is 0. The molecule has 0 atom stereocenters. The van der Waals surface area contributed by atoms with Gasteiger partial charge in [0.1, 0.15) is 0 Å². The van der Waals surface area contributed by atoms with Crippen LogP contribution in [0.1, 0.15) is 0 Å². The van der Waals surface area contributed by atoms with Crippen LogP contribution in [0.4, 0.5) is 0 Å². The molecular formula is C14H14S. The zero-order chi connectivity index (χ0) is 10.9. The summed E-state index contributed by atoms with van der Waals surface area (Å²) in [4.78, 5) is 2.57. The Bertz CT molecular complexity index is 330. The van der Waals surface area contributed by atoms with Gasteiger partial charge in [0.25, 0.3) is 0 Å². The summed E-state index contributed by atoms with van der Waals surface area (Å²) in [6, 6.07) is 20.8. The topological polar surface area (TPSA) is 0 Å².